The molecule has 2 fully saturated rings. The lowest BCUT2D eigenvalue weighted by atomic mass is 10.2. The predicted octanol–water partition coefficient (Wildman–Crippen LogP) is 0.682. The van der Waals surface area contributed by atoms with Crippen LogP contribution in [0.1, 0.15) is 11.4 Å². The van der Waals surface area contributed by atoms with Gasteiger partial charge < -0.3 is 35.6 Å². The molecule has 0 aliphatic carbocycles. The number of nitrogen functional groups attached to an aromatic ring is 1. The zero-order valence-corrected chi connectivity index (χ0v) is 18.9. The Balaban J connectivity index is 1.62. The van der Waals surface area contributed by atoms with Gasteiger partial charge in [0, 0.05) is 39.3 Å². The number of benzene rings is 1. The molecule has 0 bridgehead atoms. The second kappa shape index (κ2) is 10.5. The van der Waals surface area contributed by atoms with Gasteiger partial charge >= 0.3 is 0 Å². The number of hydrogen-bond acceptors (Lipinski definition) is 9. The Bertz CT molecular complexity index is 982. The number of anilines is 3. The summed E-state index contributed by atoms with van der Waals surface area (Å²) in [5.74, 6) is 2.76. The van der Waals surface area contributed by atoms with Crippen LogP contribution in [0.4, 0.5) is 17.3 Å². The molecule has 10 nitrogen and oxygen atoms in total. The average Bonchev–Trinajstić information content (AvgIpc) is 2.88. The lowest BCUT2D eigenvalue weighted by Gasteiger charge is -2.36. The molecule has 1 aromatic heterocycles. The number of aromatic nitrogens is 2. The van der Waals surface area contributed by atoms with E-state index in [-0.39, 0.29) is 12.5 Å². The number of morpholine rings is 1. The number of carbonyl (C=O) groups excluding carboxylic acids is 1. The van der Waals surface area contributed by atoms with E-state index < -0.39 is 0 Å². The van der Waals surface area contributed by atoms with Crippen LogP contribution in [0, 0.1) is 0 Å². The van der Waals surface area contributed by atoms with Crippen molar-refractivity contribution in [1.82, 2.24) is 14.9 Å². The molecule has 4 N–H and O–H groups in total. The summed E-state index contributed by atoms with van der Waals surface area (Å²) in [6.45, 7) is 5.19. The molecule has 3 heterocycles. The molecule has 4 rings (SSSR count). The van der Waals surface area contributed by atoms with Gasteiger partial charge in [0.15, 0.2) is 17.5 Å². The van der Waals surface area contributed by atoms with Crippen molar-refractivity contribution in [2.24, 2.45) is 5.73 Å². The van der Waals surface area contributed by atoms with Gasteiger partial charge in [-0.25, -0.2) is 9.97 Å². The van der Waals surface area contributed by atoms with Crippen LogP contribution in [0.5, 0.6) is 5.75 Å². The molecule has 0 atom stereocenters. The minimum Gasteiger partial charge on any atom is -0.497 e. The summed E-state index contributed by atoms with van der Waals surface area (Å²) in [6.07, 6.45) is 3.86. The maximum atomic E-state index is 11.9. The van der Waals surface area contributed by atoms with Crippen molar-refractivity contribution in [2.75, 3.05) is 81.7 Å². The van der Waals surface area contributed by atoms with Crippen LogP contribution >= 0.6 is 0 Å². The van der Waals surface area contributed by atoms with Gasteiger partial charge in [0.1, 0.15) is 11.4 Å². The van der Waals surface area contributed by atoms with Crippen LogP contribution in [0.3, 0.4) is 0 Å². The number of rotatable bonds is 6. The number of amides is 1. The van der Waals surface area contributed by atoms with Crippen LogP contribution in [-0.4, -0.2) is 86.9 Å². The largest absolute Gasteiger partial charge is 0.497 e. The topological polar surface area (TPSA) is 123 Å². The molecule has 0 spiro atoms. The van der Waals surface area contributed by atoms with Gasteiger partial charge in [0.25, 0.3) is 0 Å². The summed E-state index contributed by atoms with van der Waals surface area (Å²) in [5, 5.41) is 0. The van der Waals surface area contributed by atoms with E-state index in [1.807, 2.05) is 36.4 Å². The summed E-state index contributed by atoms with van der Waals surface area (Å²) in [5.41, 5.74) is 13.7. The highest BCUT2D eigenvalue weighted by molar-refractivity contribution is 5.80. The van der Waals surface area contributed by atoms with E-state index in [9.17, 15) is 4.79 Å². The quantitative estimate of drug-likeness (QED) is 0.650. The van der Waals surface area contributed by atoms with Crippen molar-refractivity contribution >= 4 is 35.4 Å². The first kappa shape index (κ1) is 22.8. The van der Waals surface area contributed by atoms with Gasteiger partial charge in [-0.1, -0.05) is 18.2 Å². The molecule has 33 heavy (non-hydrogen) atoms. The van der Waals surface area contributed by atoms with Gasteiger partial charge in [0.05, 0.1) is 26.9 Å². The smallest absolute Gasteiger partial charge is 0.236 e. The second-order valence-electron chi connectivity index (χ2n) is 7.92. The summed E-state index contributed by atoms with van der Waals surface area (Å²) < 4.78 is 10.7. The van der Waals surface area contributed by atoms with Crippen LogP contribution in [0.2, 0.25) is 0 Å². The fourth-order valence-electron chi connectivity index (χ4n) is 3.98. The first-order valence-corrected chi connectivity index (χ1v) is 11.1. The average molecular weight is 454 g/mol. The van der Waals surface area contributed by atoms with Gasteiger partial charge in [0.2, 0.25) is 5.91 Å². The van der Waals surface area contributed by atoms with Crippen molar-refractivity contribution in [3.63, 3.8) is 0 Å². The highest BCUT2D eigenvalue weighted by atomic mass is 16.5. The van der Waals surface area contributed by atoms with E-state index >= 15 is 0 Å². The summed E-state index contributed by atoms with van der Waals surface area (Å²) in [4.78, 5) is 27.5. The Kier molecular flexibility index (Phi) is 7.26. The number of nitrogens with zero attached hydrogens (tertiary/aromatic N) is 5. The lowest BCUT2D eigenvalue weighted by molar-refractivity contribution is -0.129. The summed E-state index contributed by atoms with van der Waals surface area (Å²) >= 11 is 0. The number of methoxy groups -OCH3 is 1. The minimum atomic E-state index is -0.0394. The Labute approximate surface area is 193 Å². The molecule has 2 saturated heterocycles. The lowest BCUT2D eigenvalue weighted by Crippen LogP contribution is -2.50. The van der Waals surface area contributed by atoms with Crippen molar-refractivity contribution in [1.29, 1.82) is 0 Å². The van der Waals surface area contributed by atoms with E-state index in [4.69, 9.17) is 30.9 Å². The van der Waals surface area contributed by atoms with E-state index in [0.717, 1.165) is 30.2 Å². The van der Waals surface area contributed by atoms with Gasteiger partial charge in [-0.05, 0) is 23.8 Å². The molecule has 0 saturated carbocycles. The molecule has 0 unspecified atom stereocenters. The molecule has 2 aliphatic heterocycles. The van der Waals surface area contributed by atoms with Crippen molar-refractivity contribution in [3.8, 4) is 5.75 Å². The fourth-order valence-corrected chi connectivity index (χ4v) is 3.98. The zero-order valence-electron chi connectivity index (χ0n) is 18.9. The summed E-state index contributed by atoms with van der Waals surface area (Å²) in [7, 11) is 1.65. The zero-order chi connectivity index (χ0) is 23.2. The van der Waals surface area contributed by atoms with Gasteiger partial charge in [-0.2, -0.15) is 0 Å². The second-order valence-corrected chi connectivity index (χ2v) is 7.92. The molecule has 2 aliphatic rings. The Morgan fingerprint density at radius 3 is 2.18 bits per heavy atom. The third-order valence-electron chi connectivity index (χ3n) is 5.88. The minimum absolute atomic E-state index is 0.0249. The summed E-state index contributed by atoms with van der Waals surface area (Å²) in [6, 6.07) is 7.78. The third kappa shape index (κ3) is 5.35. The molecule has 176 valence electrons. The number of carbonyl (C=O) groups is 1. The Morgan fingerprint density at radius 2 is 1.61 bits per heavy atom. The first-order chi connectivity index (χ1) is 16.1. The number of nitrogens with two attached hydrogens (primary N) is 2. The van der Waals surface area contributed by atoms with Gasteiger partial charge in [-0.3, -0.25) is 4.79 Å². The van der Waals surface area contributed by atoms with Crippen LogP contribution < -0.4 is 26.0 Å². The molecule has 10 heteroatoms. The van der Waals surface area contributed by atoms with Crippen LogP contribution in [0.15, 0.2) is 24.3 Å². The van der Waals surface area contributed by atoms with Crippen molar-refractivity contribution < 1.29 is 14.3 Å². The normalized spacial score (nSPS) is 17.0. The molecule has 1 aromatic carbocycles. The standard InChI is InChI=1S/C23H31N7O3/c1-32-18-5-2-17(3-6-18)4-7-19-26-22(29-10-8-28(9-11-29)20(31)16-24)21(25)23(27-19)30-12-14-33-15-13-30/h2-7H,8-16,24-25H2,1H3/b7-4+. The van der Waals surface area contributed by atoms with E-state index in [0.29, 0.717) is 56.7 Å². The Morgan fingerprint density at radius 1 is 1.00 bits per heavy atom. The van der Waals surface area contributed by atoms with Crippen LogP contribution in [0.25, 0.3) is 12.2 Å². The maximum absolute atomic E-state index is 11.9. The molecule has 0 radical (unpaired) electrons. The fraction of sp³-hybridized carbons (Fsp3) is 0.435. The molecule has 1 amide bonds. The van der Waals surface area contributed by atoms with Gasteiger partial charge in [-0.15, -0.1) is 0 Å². The molecular formula is C23H31N7O3. The number of ether oxygens (including phenoxy) is 2. The van der Waals surface area contributed by atoms with Crippen LogP contribution in [-0.2, 0) is 9.53 Å². The van der Waals surface area contributed by atoms with Crippen molar-refractivity contribution in [3.05, 3.63) is 35.7 Å². The molecule has 2 aromatic rings. The monoisotopic (exact) mass is 453 g/mol. The predicted molar refractivity (Wildman–Crippen MR) is 129 cm³/mol. The number of piperazine rings is 1. The Hall–Kier alpha value is -3.37. The van der Waals surface area contributed by atoms with E-state index in [2.05, 4.69) is 9.80 Å². The number of hydrogen-bond donors (Lipinski definition) is 2. The highest BCUT2D eigenvalue weighted by Crippen LogP contribution is 2.31. The first-order valence-electron chi connectivity index (χ1n) is 11.1. The third-order valence-corrected chi connectivity index (χ3v) is 5.88. The van der Waals surface area contributed by atoms with Crippen molar-refractivity contribution in [2.45, 2.75) is 0 Å². The molecular weight excluding hydrogens is 422 g/mol. The van der Waals surface area contributed by atoms with E-state index in [1.165, 1.54) is 0 Å². The SMILES string of the molecule is COc1ccc(/C=C/c2nc(N3CCOCC3)c(N)c(N3CCN(C(=O)CN)CC3)n2)cc1. The highest BCUT2D eigenvalue weighted by Gasteiger charge is 2.26. The maximum Gasteiger partial charge on any atom is 0.236 e. The van der Waals surface area contributed by atoms with E-state index in [1.54, 1.807) is 12.0 Å².